The Morgan fingerprint density at radius 3 is 2.16 bits per heavy atom. The van der Waals surface area contributed by atoms with Crippen molar-refractivity contribution in [2.75, 3.05) is 45.9 Å². The number of fused-ring (bicyclic) bond motifs is 1. The van der Waals surface area contributed by atoms with E-state index in [0.29, 0.717) is 13.2 Å². The summed E-state index contributed by atoms with van der Waals surface area (Å²) in [5.41, 5.74) is 4.49. The first kappa shape index (κ1) is 21.1. The second-order valence-electron chi connectivity index (χ2n) is 9.50. The second kappa shape index (κ2) is 10.3. The third-order valence-corrected chi connectivity index (χ3v) is 7.29. The van der Waals surface area contributed by atoms with Crippen molar-refractivity contribution in [3.05, 3.63) is 71.3 Å². The van der Waals surface area contributed by atoms with Crippen molar-refractivity contribution in [3.63, 3.8) is 0 Å². The van der Waals surface area contributed by atoms with Gasteiger partial charge < -0.3 is 14.4 Å². The van der Waals surface area contributed by atoms with Crippen LogP contribution in [0.5, 0.6) is 0 Å². The molecule has 5 rings (SSSR count). The molecule has 0 N–H and O–H groups in total. The average molecular weight is 421 g/mol. The molecule has 0 bridgehead atoms. The maximum Gasteiger partial charge on any atom is 0.134 e. The Hall–Kier alpha value is -1.72. The lowest BCUT2D eigenvalue weighted by Crippen LogP contribution is -2.55. The highest BCUT2D eigenvalue weighted by Crippen LogP contribution is 2.29. The summed E-state index contributed by atoms with van der Waals surface area (Å²) in [6.07, 6.45) is 6.50. The molecule has 0 spiro atoms. The molecule has 2 unspecified atom stereocenters. The van der Waals surface area contributed by atoms with Crippen LogP contribution in [0.1, 0.15) is 29.5 Å². The van der Waals surface area contributed by atoms with E-state index in [-0.39, 0.29) is 12.3 Å². The molecule has 0 radical (unpaired) electrons. The lowest BCUT2D eigenvalue weighted by atomic mass is 10.00. The predicted octanol–water partition coefficient (Wildman–Crippen LogP) is 3.78. The molecular weight excluding hydrogens is 384 g/mol. The summed E-state index contributed by atoms with van der Waals surface area (Å²) in [7, 11) is 0. The van der Waals surface area contributed by atoms with Gasteiger partial charge >= 0.3 is 0 Å². The van der Waals surface area contributed by atoms with Gasteiger partial charge in [0.15, 0.2) is 0 Å². The number of ether oxygens (including phenoxy) is 2. The molecule has 2 aromatic rings. The number of piperazine rings is 1. The molecule has 2 aliphatic heterocycles. The first-order valence-corrected chi connectivity index (χ1v) is 12.1. The fraction of sp³-hybridized carbons (Fsp3) is 0.556. The number of benzene rings is 2. The van der Waals surface area contributed by atoms with Gasteiger partial charge in [-0.25, -0.2) is 0 Å². The van der Waals surface area contributed by atoms with Crippen molar-refractivity contribution in [3.8, 4) is 0 Å². The zero-order valence-corrected chi connectivity index (χ0v) is 18.6. The SMILES string of the molecule is c1ccc(CC2COC(N3CCN(CCCC4Cc5ccccc5C4)CC3)CO2)cc1. The van der Waals surface area contributed by atoms with Gasteiger partial charge in [0.1, 0.15) is 6.23 Å². The molecule has 0 amide bonds. The Morgan fingerprint density at radius 2 is 1.48 bits per heavy atom. The van der Waals surface area contributed by atoms with E-state index in [4.69, 9.17) is 9.47 Å². The highest BCUT2D eigenvalue weighted by molar-refractivity contribution is 5.31. The fourth-order valence-corrected chi connectivity index (χ4v) is 5.47. The molecule has 2 atom stereocenters. The van der Waals surface area contributed by atoms with Gasteiger partial charge in [0.05, 0.1) is 19.3 Å². The number of nitrogens with zero attached hydrogens (tertiary/aromatic N) is 2. The van der Waals surface area contributed by atoms with Crippen LogP contribution in [0.15, 0.2) is 54.6 Å². The van der Waals surface area contributed by atoms with Crippen LogP contribution in [-0.4, -0.2) is 68.1 Å². The van der Waals surface area contributed by atoms with Crippen molar-refractivity contribution in [1.82, 2.24) is 9.80 Å². The summed E-state index contributed by atoms with van der Waals surface area (Å²) >= 11 is 0. The van der Waals surface area contributed by atoms with Gasteiger partial charge in [-0.1, -0.05) is 54.6 Å². The lowest BCUT2D eigenvalue weighted by molar-refractivity contribution is -0.189. The molecule has 31 heavy (non-hydrogen) atoms. The Balaban J connectivity index is 0.973. The summed E-state index contributed by atoms with van der Waals surface area (Å²) < 4.78 is 12.3. The molecule has 4 heteroatoms. The van der Waals surface area contributed by atoms with E-state index >= 15 is 0 Å². The summed E-state index contributed by atoms with van der Waals surface area (Å²) in [4.78, 5) is 5.11. The van der Waals surface area contributed by atoms with Crippen LogP contribution in [0.25, 0.3) is 0 Å². The molecule has 0 aromatic heterocycles. The Morgan fingerprint density at radius 1 is 0.774 bits per heavy atom. The molecular formula is C27H36N2O2. The van der Waals surface area contributed by atoms with E-state index in [1.807, 2.05) is 0 Å². The number of hydrogen-bond acceptors (Lipinski definition) is 4. The van der Waals surface area contributed by atoms with Gasteiger partial charge in [0.25, 0.3) is 0 Å². The molecule has 3 aliphatic rings. The van der Waals surface area contributed by atoms with E-state index in [9.17, 15) is 0 Å². The Bertz CT molecular complexity index is 786. The van der Waals surface area contributed by atoms with Crippen molar-refractivity contribution < 1.29 is 9.47 Å². The van der Waals surface area contributed by atoms with Gasteiger partial charge in [-0.2, -0.15) is 0 Å². The van der Waals surface area contributed by atoms with Crippen LogP contribution in [0.3, 0.4) is 0 Å². The molecule has 2 heterocycles. The first-order chi connectivity index (χ1) is 15.3. The molecule has 0 saturated carbocycles. The van der Waals surface area contributed by atoms with Crippen molar-refractivity contribution in [2.45, 2.75) is 44.4 Å². The normalized spacial score (nSPS) is 25.5. The van der Waals surface area contributed by atoms with Crippen LogP contribution in [0, 0.1) is 5.92 Å². The van der Waals surface area contributed by atoms with Crippen LogP contribution < -0.4 is 0 Å². The fourth-order valence-electron chi connectivity index (χ4n) is 5.47. The van der Waals surface area contributed by atoms with Gasteiger partial charge in [-0.15, -0.1) is 0 Å². The minimum Gasteiger partial charge on any atom is -0.371 e. The monoisotopic (exact) mass is 420 g/mol. The summed E-state index contributed by atoms with van der Waals surface area (Å²) in [5, 5.41) is 0. The molecule has 4 nitrogen and oxygen atoms in total. The van der Waals surface area contributed by atoms with E-state index in [0.717, 1.165) is 38.5 Å². The van der Waals surface area contributed by atoms with Gasteiger partial charge in [0, 0.05) is 32.6 Å². The number of rotatable bonds is 7. The topological polar surface area (TPSA) is 24.9 Å². The van der Waals surface area contributed by atoms with Gasteiger partial charge in [0.2, 0.25) is 0 Å². The standard InChI is InChI=1S/C27H36N2O2/c1-2-7-22(8-3-1)19-26-20-31-27(21-30-26)29-15-13-28(14-16-29)12-6-9-23-17-24-10-4-5-11-25(24)18-23/h1-5,7-8,10-11,23,26-27H,6,9,12-21H2. The molecule has 2 saturated heterocycles. The molecule has 2 fully saturated rings. The lowest BCUT2D eigenvalue weighted by Gasteiger charge is -2.41. The molecule has 2 aromatic carbocycles. The minimum absolute atomic E-state index is 0.131. The summed E-state index contributed by atoms with van der Waals surface area (Å²) in [5.74, 6) is 0.857. The first-order valence-electron chi connectivity index (χ1n) is 12.1. The Labute approximate surface area is 187 Å². The third kappa shape index (κ3) is 5.56. The van der Waals surface area contributed by atoms with Crippen LogP contribution in [0.4, 0.5) is 0 Å². The van der Waals surface area contributed by atoms with E-state index in [2.05, 4.69) is 64.4 Å². The minimum atomic E-state index is 0.131. The van der Waals surface area contributed by atoms with E-state index < -0.39 is 0 Å². The van der Waals surface area contributed by atoms with Crippen molar-refractivity contribution >= 4 is 0 Å². The largest absolute Gasteiger partial charge is 0.371 e. The van der Waals surface area contributed by atoms with Gasteiger partial charge in [-0.05, 0) is 54.8 Å². The van der Waals surface area contributed by atoms with Crippen molar-refractivity contribution in [2.24, 2.45) is 5.92 Å². The predicted molar refractivity (Wildman–Crippen MR) is 124 cm³/mol. The number of hydrogen-bond donors (Lipinski definition) is 0. The highest BCUT2D eigenvalue weighted by atomic mass is 16.6. The average Bonchev–Trinajstić information content (AvgIpc) is 3.24. The zero-order chi connectivity index (χ0) is 20.9. The second-order valence-corrected chi connectivity index (χ2v) is 9.50. The van der Waals surface area contributed by atoms with Crippen LogP contribution >= 0.6 is 0 Å². The Kier molecular flexibility index (Phi) is 7.00. The van der Waals surface area contributed by atoms with E-state index in [1.165, 1.54) is 37.8 Å². The zero-order valence-electron chi connectivity index (χ0n) is 18.6. The maximum absolute atomic E-state index is 6.20. The van der Waals surface area contributed by atoms with E-state index in [1.54, 1.807) is 11.1 Å². The quantitative estimate of drug-likeness (QED) is 0.681. The summed E-state index contributed by atoms with van der Waals surface area (Å²) in [6, 6.07) is 19.6. The van der Waals surface area contributed by atoms with Crippen molar-refractivity contribution in [1.29, 1.82) is 0 Å². The maximum atomic E-state index is 6.20. The smallest absolute Gasteiger partial charge is 0.134 e. The molecule has 166 valence electrons. The highest BCUT2D eigenvalue weighted by Gasteiger charge is 2.29. The van der Waals surface area contributed by atoms with Crippen LogP contribution in [0.2, 0.25) is 0 Å². The van der Waals surface area contributed by atoms with Crippen LogP contribution in [-0.2, 0) is 28.7 Å². The third-order valence-electron chi connectivity index (χ3n) is 7.29. The van der Waals surface area contributed by atoms with Gasteiger partial charge in [-0.3, -0.25) is 4.90 Å². The molecule has 1 aliphatic carbocycles. The summed E-state index contributed by atoms with van der Waals surface area (Å²) in [6.45, 7) is 7.11.